The second-order valence-corrected chi connectivity index (χ2v) is 5.04. The number of anilines is 1. The zero-order valence-electron chi connectivity index (χ0n) is 10.1. The number of benzene rings is 1. The van der Waals surface area contributed by atoms with Crippen molar-refractivity contribution in [2.75, 3.05) is 18.0 Å². The Morgan fingerprint density at radius 1 is 1.53 bits per heavy atom. The van der Waals surface area contributed by atoms with Crippen LogP contribution >= 0.6 is 11.6 Å². The Morgan fingerprint density at radius 3 is 2.74 bits per heavy atom. The van der Waals surface area contributed by atoms with Crippen molar-refractivity contribution in [2.45, 2.75) is 12.8 Å². The largest absolute Gasteiger partial charge is 0.480 e. The molecule has 0 aromatic heterocycles. The van der Waals surface area contributed by atoms with E-state index in [1.165, 1.54) is 23.1 Å². The molecule has 0 aliphatic heterocycles. The van der Waals surface area contributed by atoms with Gasteiger partial charge in [-0.1, -0.05) is 11.6 Å². The van der Waals surface area contributed by atoms with Gasteiger partial charge in [-0.25, -0.2) is 0 Å². The molecular formula is C12H13ClN2O4. The van der Waals surface area contributed by atoms with Gasteiger partial charge in [0.1, 0.15) is 12.2 Å². The van der Waals surface area contributed by atoms with Crippen LogP contribution in [0.1, 0.15) is 12.8 Å². The topological polar surface area (TPSA) is 83.7 Å². The van der Waals surface area contributed by atoms with Gasteiger partial charge in [0.15, 0.2) is 0 Å². The summed E-state index contributed by atoms with van der Waals surface area (Å²) in [7, 11) is 0. The van der Waals surface area contributed by atoms with Gasteiger partial charge in [-0.3, -0.25) is 14.9 Å². The molecule has 1 fully saturated rings. The number of nitro benzene ring substituents is 1. The van der Waals surface area contributed by atoms with Crippen molar-refractivity contribution in [3.63, 3.8) is 0 Å². The second-order valence-electron chi connectivity index (χ2n) is 4.61. The fourth-order valence-corrected chi connectivity index (χ4v) is 2.09. The van der Waals surface area contributed by atoms with Crippen molar-refractivity contribution < 1.29 is 14.8 Å². The van der Waals surface area contributed by atoms with Crippen molar-refractivity contribution >= 4 is 28.9 Å². The maximum atomic E-state index is 11.0. The monoisotopic (exact) mass is 284 g/mol. The van der Waals surface area contributed by atoms with E-state index in [1.54, 1.807) is 0 Å². The molecular weight excluding hydrogens is 272 g/mol. The summed E-state index contributed by atoms with van der Waals surface area (Å²) in [5, 5.41) is 20.3. The summed E-state index contributed by atoms with van der Waals surface area (Å²) in [5.74, 6) is -0.604. The van der Waals surface area contributed by atoms with Gasteiger partial charge in [0.2, 0.25) is 0 Å². The van der Waals surface area contributed by atoms with Crippen LogP contribution in [0.4, 0.5) is 11.4 Å². The number of nitro groups is 1. The molecule has 0 atom stereocenters. The smallest absolute Gasteiger partial charge is 0.323 e. The van der Waals surface area contributed by atoms with E-state index in [-0.39, 0.29) is 17.9 Å². The van der Waals surface area contributed by atoms with E-state index < -0.39 is 10.9 Å². The minimum Gasteiger partial charge on any atom is -0.480 e. The van der Waals surface area contributed by atoms with Gasteiger partial charge in [-0.05, 0) is 30.9 Å². The Bertz CT molecular complexity index is 516. The average molecular weight is 285 g/mol. The molecule has 1 aliphatic rings. The van der Waals surface area contributed by atoms with Gasteiger partial charge in [-0.2, -0.15) is 0 Å². The van der Waals surface area contributed by atoms with Gasteiger partial charge >= 0.3 is 5.97 Å². The third-order valence-electron chi connectivity index (χ3n) is 2.98. The van der Waals surface area contributed by atoms with E-state index in [4.69, 9.17) is 16.7 Å². The normalized spacial score (nSPS) is 14.2. The number of hydrogen-bond acceptors (Lipinski definition) is 4. The summed E-state index contributed by atoms with van der Waals surface area (Å²) < 4.78 is 0. The zero-order chi connectivity index (χ0) is 14.0. The molecule has 1 N–H and O–H groups in total. The van der Waals surface area contributed by atoms with E-state index in [1.807, 2.05) is 0 Å². The summed E-state index contributed by atoms with van der Waals surface area (Å²) in [6.45, 7) is 0.241. The summed E-state index contributed by atoms with van der Waals surface area (Å²) >= 11 is 5.86. The second kappa shape index (κ2) is 5.44. The van der Waals surface area contributed by atoms with Crippen LogP contribution in [0.3, 0.4) is 0 Å². The highest BCUT2D eigenvalue weighted by Crippen LogP contribution is 2.35. The molecule has 0 unspecified atom stereocenters. The molecule has 6 nitrogen and oxygen atoms in total. The molecule has 1 aliphatic carbocycles. The first-order chi connectivity index (χ1) is 8.97. The number of hydrogen-bond donors (Lipinski definition) is 1. The van der Waals surface area contributed by atoms with E-state index in [2.05, 4.69) is 0 Å². The van der Waals surface area contributed by atoms with Crippen LogP contribution in [0.25, 0.3) is 0 Å². The van der Waals surface area contributed by atoms with E-state index >= 15 is 0 Å². The molecule has 2 rings (SSSR count). The molecule has 0 bridgehead atoms. The summed E-state index contributed by atoms with van der Waals surface area (Å²) in [6.07, 6.45) is 2.06. The van der Waals surface area contributed by atoms with Gasteiger partial charge < -0.3 is 10.0 Å². The molecule has 102 valence electrons. The molecule has 1 aromatic carbocycles. The molecule has 7 heteroatoms. The molecule has 0 saturated heterocycles. The maximum absolute atomic E-state index is 11.0. The highest BCUT2D eigenvalue weighted by molar-refractivity contribution is 6.31. The first kappa shape index (κ1) is 13.6. The summed E-state index contributed by atoms with van der Waals surface area (Å²) in [4.78, 5) is 22.9. The Morgan fingerprint density at radius 2 is 2.21 bits per heavy atom. The van der Waals surface area contributed by atoms with Gasteiger partial charge in [0.05, 0.1) is 4.92 Å². The van der Waals surface area contributed by atoms with Crippen LogP contribution < -0.4 is 4.90 Å². The third kappa shape index (κ3) is 3.57. The lowest BCUT2D eigenvalue weighted by molar-refractivity contribution is -0.384. The zero-order valence-corrected chi connectivity index (χ0v) is 10.8. The minimum absolute atomic E-state index is 0.119. The first-order valence-corrected chi connectivity index (χ1v) is 6.26. The average Bonchev–Trinajstić information content (AvgIpc) is 3.11. The van der Waals surface area contributed by atoms with E-state index in [9.17, 15) is 14.9 Å². The number of carboxylic acids is 1. The number of carboxylic acid groups (broad SMARTS) is 1. The first-order valence-electron chi connectivity index (χ1n) is 5.88. The molecule has 19 heavy (non-hydrogen) atoms. The number of halogens is 1. The van der Waals surface area contributed by atoms with Crippen molar-refractivity contribution in [3.05, 3.63) is 33.3 Å². The number of aliphatic carboxylic acids is 1. The van der Waals surface area contributed by atoms with Gasteiger partial charge in [0, 0.05) is 17.6 Å². The minimum atomic E-state index is -1.02. The Hall–Kier alpha value is -1.82. The number of rotatable bonds is 6. The molecule has 1 saturated carbocycles. The molecule has 0 heterocycles. The van der Waals surface area contributed by atoms with Crippen molar-refractivity contribution in [1.29, 1.82) is 0 Å². The standard InChI is InChI=1S/C12H13ClN2O4/c13-9-3-4-10(15(18)19)11(5-9)14(7-12(16)17)6-8-1-2-8/h3-5,8H,1-2,6-7H2,(H,16,17). The van der Waals surface area contributed by atoms with Crippen LogP contribution in [0.15, 0.2) is 18.2 Å². The van der Waals surface area contributed by atoms with Gasteiger partial charge in [0.25, 0.3) is 5.69 Å². The van der Waals surface area contributed by atoms with Crippen LogP contribution in [-0.2, 0) is 4.79 Å². The fraction of sp³-hybridized carbons (Fsp3) is 0.417. The van der Waals surface area contributed by atoms with E-state index in [0.717, 1.165) is 12.8 Å². The van der Waals surface area contributed by atoms with Crippen LogP contribution in [0, 0.1) is 16.0 Å². The summed E-state index contributed by atoms with van der Waals surface area (Å²) in [6, 6.07) is 4.18. The quantitative estimate of drug-likeness (QED) is 0.641. The molecule has 0 amide bonds. The SMILES string of the molecule is O=C(O)CN(CC1CC1)c1cc(Cl)ccc1[N+](=O)[O-]. The van der Waals surface area contributed by atoms with Crippen molar-refractivity contribution in [1.82, 2.24) is 0 Å². The van der Waals surface area contributed by atoms with Gasteiger partial charge in [-0.15, -0.1) is 0 Å². The Balaban J connectivity index is 2.34. The molecule has 1 aromatic rings. The fourth-order valence-electron chi connectivity index (χ4n) is 1.93. The van der Waals surface area contributed by atoms with Crippen LogP contribution in [0.2, 0.25) is 5.02 Å². The number of nitrogens with zero attached hydrogens (tertiary/aromatic N) is 2. The molecule has 0 radical (unpaired) electrons. The highest BCUT2D eigenvalue weighted by Gasteiger charge is 2.29. The van der Waals surface area contributed by atoms with E-state index in [0.29, 0.717) is 17.5 Å². The van der Waals surface area contributed by atoms with Crippen LogP contribution in [0.5, 0.6) is 0 Å². The molecule has 0 spiro atoms. The lowest BCUT2D eigenvalue weighted by Gasteiger charge is -2.22. The highest BCUT2D eigenvalue weighted by atomic mass is 35.5. The maximum Gasteiger partial charge on any atom is 0.323 e. The Labute approximate surface area is 114 Å². The lowest BCUT2D eigenvalue weighted by Crippen LogP contribution is -2.32. The summed E-state index contributed by atoms with van der Waals surface area (Å²) in [5.41, 5.74) is 0.151. The van der Waals surface area contributed by atoms with Crippen molar-refractivity contribution in [3.8, 4) is 0 Å². The predicted octanol–water partition coefficient (Wildman–Crippen LogP) is 2.55. The van der Waals surface area contributed by atoms with Crippen molar-refractivity contribution in [2.24, 2.45) is 5.92 Å². The third-order valence-corrected chi connectivity index (χ3v) is 3.21. The number of carbonyl (C=O) groups is 1. The lowest BCUT2D eigenvalue weighted by atomic mass is 10.2. The Kier molecular flexibility index (Phi) is 3.90. The van der Waals surface area contributed by atoms with Crippen LogP contribution in [-0.4, -0.2) is 29.1 Å². The predicted molar refractivity (Wildman–Crippen MR) is 70.7 cm³/mol.